The van der Waals surface area contributed by atoms with Gasteiger partial charge in [-0.15, -0.1) is 0 Å². The Balaban J connectivity index is 1.62. The lowest BCUT2D eigenvalue weighted by Gasteiger charge is -2.34. The van der Waals surface area contributed by atoms with Crippen LogP contribution in [0.5, 0.6) is 0 Å². The van der Waals surface area contributed by atoms with E-state index in [2.05, 4.69) is 10.6 Å². The molecule has 2 aliphatic rings. The molecule has 1 heterocycles. The van der Waals surface area contributed by atoms with E-state index in [1.807, 2.05) is 51.1 Å². The monoisotopic (exact) mass is 415 g/mol. The summed E-state index contributed by atoms with van der Waals surface area (Å²) in [5.41, 5.74) is 0.418. The van der Waals surface area contributed by atoms with Gasteiger partial charge >= 0.3 is 6.09 Å². The first kappa shape index (κ1) is 22.1. The lowest BCUT2D eigenvalue weighted by Crippen LogP contribution is -2.53. The number of likely N-dealkylation sites (tertiary alicyclic amines) is 1. The topological polar surface area (TPSA) is 87.7 Å². The van der Waals surface area contributed by atoms with Crippen LogP contribution in [0.1, 0.15) is 52.0 Å². The van der Waals surface area contributed by atoms with Gasteiger partial charge in [0.15, 0.2) is 0 Å². The van der Waals surface area contributed by atoms with E-state index in [-0.39, 0.29) is 23.8 Å². The van der Waals surface area contributed by atoms with Gasteiger partial charge in [0, 0.05) is 25.6 Å². The molecule has 3 amide bonds. The van der Waals surface area contributed by atoms with Crippen LogP contribution in [-0.4, -0.2) is 53.6 Å². The second kappa shape index (κ2) is 9.49. The average Bonchev–Trinajstić information content (AvgIpc) is 3.51. The number of rotatable bonds is 6. The summed E-state index contributed by atoms with van der Waals surface area (Å²) in [6.07, 6.45) is 3.44. The maximum Gasteiger partial charge on any atom is 0.410 e. The van der Waals surface area contributed by atoms with Crippen molar-refractivity contribution in [3.8, 4) is 0 Å². The molecule has 2 N–H and O–H groups in total. The second-order valence-corrected chi connectivity index (χ2v) is 9.30. The van der Waals surface area contributed by atoms with Crippen LogP contribution >= 0.6 is 0 Å². The van der Waals surface area contributed by atoms with Gasteiger partial charge < -0.3 is 20.3 Å². The van der Waals surface area contributed by atoms with Gasteiger partial charge in [0.25, 0.3) is 0 Å². The van der Waals surface area contributed by atoms with Gasteiger partial charge in [-0.3, -0.25) is 9.59 Å². The van der Waals surface area contributed by atoms with Crippen molar-refractivity contribution in [3.63, 3.8) is 0 Å². The van der Waals surface area contributed by atoms with E-state index in [4.69, 9.17) is 4.74 Å². The minimum absolute atomic E-state index is 0.144. The molecule has 1 aromatic rings. The van der Waals surface area contributed by atoms with Crippen LogP contribution in [0.4, 0.5) is 4.79 Å². The predicted molar refractivity (Wildman–Crippen MR) is 114 cm³/mol. The Bertz CT molecular complexity index is 755. The van der Waals surface area contributed by atoms with E-state index in [0.717, 1.165) is 24.8 Å². The molecule has 164 valence electrons. The molecule has 0 spiro atoms. The van der Waals surface area contributed by atoms with Gasteiger partial charge in [0.05, 0.1) is 5.92 Å². The van der Waals surface area contributed by atoms with Crippen molar-refractivity contribution in [2.75, 3.05) is 13.1 Å². The van der Waals surface area contributed by atoms with E-state index in [1.165, 1.54) is 0 Å². The highest BCUT2D eigenvalue weighted by atomic mass is 16.6. The van der Waals surface area contributed by atoms with Crippen molar-refractivity contribution in [1.29, 1.82) is 0 Å². The van der Waals surface area contributed by atoms with Crippen LogP contribution < -0.4 is 10.6 Å². The van der Waals surface area contributed by atoms with Gasteiger partial charge in [0.1, 0.15) is 11.6 Å². The number of ether oxygens (including phenoxy) is 1. The van der Waals surface area contributed by atoms with Gasteiger partial charge in [-0.25, -0.2) is 4.79 Å². The Morgan fingerprint density at radius 2 is 1.83 bits per heavy atom. The molecule has 1 saturated heterocycles. The van der Waals surface area contributed by atoms with Crippen molar-refractivity contribution in [3.05, 3.63) is 35.9 Å². The number of carbonyl (C=O) groups is 3. The fourth-order valence-electron chi connectivity index (χ4n) is 3.56. The fraction of sp³-hybridized carbons (Fsp3) is 0.609. The van der Waals surface area contributed by atoms with Crippen LogP contribution in [0.15, 0.2) is 30.3 Å². The molecule has 2 fully saturated rings. The Morgan fingerprint density at radius 3 is 2.47 bits per heavy atom. The van der Waals surface area contributed by atoms with E-state index in [0.29, 0.717) is 25.9 Å². The van der Waals surface area contributed by atoms with Gasteiger partial charge in [-0.05, 0) is 52.0 Å². The summed E-state index contributed by atoms with van der Waals surface area (Å²) in [4.78, 5) is 39.7. The number of benzene rings is 1. The molecule has 0 radical (unpaired) electrons. The maximum absolute atomic E-state index is 13.0. The quantitative estimate of drug-likeness (QED) is 0.748. The first-order valence-electron chi connectivity index (χ1n) is 10.8. The molecule has 1 aliphatic heterocycles. The zero-order valence-electron chi connectivity index (χ0n) is 18.1. The van der Waals surface area contributed by atoms with E-state index >= 15 is 0 Å². The molecule has 0 bridgehead atoms. The third-order valence-corrected chi connectivity index (χ3v) is 5.28. The zero-order chi connectivity index (χ0) is 21.7. The normalized spacial score (nSPS) is 20.2. The number of carbonyl (C=O) groups excluding carboxylic acids is 3. The highest BCUT2D eigenvalue weighted by molar-refractivity contribution is 5.89. The van der Waals surface area contributed by atoms with Gasteiger partial charge in [-0.1, -0.05) is 30.3 Å². The summed E-state index contributed by atoms with van der Waals surface area (Å²) >= 11 is 0. The van der Waals surface area contributed by atoms with E-state index in [1.54, 1.807) is 4.90 Å². The lowest BCUT2D eigenvalue weighted by molar-refractivity contribution is -0.132. The summed E-state index contributed by atoms with van der Waals surface area (Å²) in [6.45, 7) is 6.36. The number of nitrogens with one attached hydrogen (secondary N) is 2. The lowest BCUT2D eigenvalue weighted by atomic mass is 9.96. The van der Waals surface area contributed by atoms with Crippen LogP contribution in [0.2, 0.25) is 0 Å². The first-order chi connectivity index (χ1) is 14.2. The Kier molecular flexibility index (Phi) is 7.00. The molecule has 7 nitrogen and oxygen atoms in total. The van der Waals surface area contributed by atoms with Crippen LogP contribution in [-0.2, 0) is 20.7 Å². The van der Waals surface area contributed by atoms with Crippen molar-refractivity contribution in [2.24, 2.45) is 5.92 Å². The van der Waals surface area contributed by atoms with Crippen molar-refractivity contribution in [1.82, 2.24) is 15.5 Å². The zero-order valence-corrected chi connectivity index (χ0v) is 18.1. The van der Waals surface area contributed by atoms with Crippen molar-refractivity contribution < 1.29 is 19.1 Å². The van der Waals surface area contributed by atoms with Crippen molar-refractivity contribution >= 4 is 17.9 Å². The molecule has 1 saturated carbocycles. The first-order valence-corrected chi connectivity index (χ1v) is 10.8. The van der Waals surface area contributed by atoms with Crippen LogP contribution in [0.3, 0.4) is 0 Å². The highest BCUT2D eigenvalue weighted by Crippen LogP contribution is 2.21. The Labute approximate surface area is 178 Å². The summed E-state index contributed by atoms with van der Waals surface area (Å²) in [5.74, 6) is -0.678. The molecule has 2 unspecified atom stereocenters. The third-order valence-electron chi connectivity index (χ3n) is 5.28. The minimum atomic E-state index is -0.627. The smallest absolute Gasteiger partial charge is 0.410 e. The molecule has 7 heteroatoms. The molecular weight excluding hydrogens is 382 g/mol. The standard InChI is InChI=1S/C23H33N3O4/c1-23(2,3)30-22(29)26-13-7-10-17(15-26)20(27)25-19(21(28)24-18-11-12-18)14-16-8-5-4-6-9-16/h4-6,8-9,17-19H,7,10-15H2,1-3H3,(H,24,28)(H,25,27). The van der Waals surface area contributed by atoms with Gasteiger partial charge in [0.2, 0.25) is 11.8 Å². The predicted octanol–water partition coefficient (Wildman–Crippen LogP) is 2.64. The van der Waals surface area contributed by atoms with Crippen molar-refractivity contribution in [2.45, 2.75) is 70.6 Å². The summed E-state index contributed by atoms with van der Waals surface area (Å²) in [6, 6.07) is 9.28. The molecule has 3 rings (SSSR count). The SMILES string of the molecule is CC(C)(C)OC(=O)N1CCCC(C(=O)NC(Cc2ccccc2)C(=O)NC2CC2)C1. The minimum Gasteiger partial charge on any atom is -0.444 e. The third kappa shape index (κ3) is 6.75. The molecule has 1 aromatic carbocycles. The fourth-order valence-corrected chi connectivity index (χ4v) is 3.56. The summed E-state index contributed by atoms with van der Waals surface area (Å²) in [7, 11) is 0. The van der Waals surface area contributed by atoms with Crippen LogP contribution in [0, 0.1) is 5.92 Å². The van der Waals surface area contributed by atoms with Gasteiger partial charge in [-0.2, -0.15) is 0 Å². The molecule has 0 aromatic heterocycles. The number of hydrogen-bond donors (Lipinski definition) is 2. The largest absolute Gasteiger partial charge is 0.444 e. The molecule has 2 atom stereocenters. The van der Waals surface area contributed by atoms with Crippen LogP contribution in [0.25, 0.3) is 0 Å². The number of piperidine rings is 1. The summed E-state index contributed by atoms with van der Waals surface area (Å²) in [5, 5.41) is 5.94. The van der Waals surface area contributed by atoms with E-state index in [9.17, 15) is 14.4 Å². The highest BCUT2D eigenvalue weighted by Gasteiger charge is 2.34. The summed E-state index contributed by atoms with van der Waals surface area (Å²) < 4.78 is 5.45. The molecule has 30 heavy (non-hydrogen) atoms. The average molecular weight is 416 g/mol. The van der Waals surface area contributed by atoms with E-state index < -0.39 is 17.7 Å². The Hall–Kier alpha value is -2.57. The number of hydrogen-bond acceptors (Lipinski definition) is 4. The maximum atomic E-state index is 13.0. The number of nitrogens with zero attached hydrogens (tertiary/aromatic N) is 1. The number of amides is 3. The molecular formula is C23H33N3O4. The molecule has 1 aliphatic carbocycles. The Morgan fingerprint density at radius 1 is 1.13 bits per heavy atom. The second-order valence-electron chi connectivity index (χ2n) is 9.30.